The van der Waals surface area contributed by atoms with Crippen LogP contribution in [-0.2, 0) is 9.53 Å². The van der Waals surface area contributed by atoms with Crippen LogP contribution >= 0.6 is 0 Å². The van der Waals surface area contributed by atoms with Gasteiger partial charge in [0.1, 0.15) is 12.4 Å². The number of anilines is 1. The third-order valence-electron chi connectivity index (χ3n) is 2.20. The molecular formula is C10H13N5O2. The van der Waals surface area contributed by atoms with Crippen LogP contribution in [0.2, 0.25) is 0 Å². The van der Waals surface area contributed by atoms with Crippen molar-refractivity contribution in [1.82, 2.24) is 19.6 Å². The van der Waals surface area contributed by atoms with E-state index in [0.29, 0.717) is 18.1 Å². The van der Waals surface area contributed by atoms with Gasteiger partial charge in [0, 0.05) is 12.4 Å². The fraction of sp³-hybridized carbons (Fsp3) is 0.400. The topological polar surface area (TPSA) is 81.4 Å². The predicted molar refractivity (Wildman–Crippen MR) is 60.6 cm³/mol. The lowest BCUT2D eigenvalue weighted by molar-refractivity contribution is -0.140. The van der Waals surface area contributed by atoms with Crippen molar-refractivity contribution in [2.24, 2.45) is 0 Å². The lowest BCUT2D eigenvalue weighted by atomic mass is 10.5. The number of fused-ring (bicyclic) bond motifs is 1. The molecule has 7 heteroatoms. The van der Waals surface area contributed by atoms with Gasteiger partial charge in [0.05, 0.1) is 6.61 Å². The first-order valence-corrected chi connectivity index (χ1v) is 5.28. The van der Waals surface area contributed by atoms with Crippen LogP contribution in [0.4, 0.5) is 5.82 Å². The molecule has 2 aromatic rings. The largest absolute Gasteiger partial charge is 0.465 e. The molecule has 2 rings (SSSR count). The fourth-order valence-corrected chi connectivity index (χ4v) is 1.43. The molecule has 17 heavy (non-hydrogen) atoms. The Hall–Kier alpha value is -2.18. The van der Waals surface area contributed by atoms with E-state index in [0.717, 1.165) is 5.82 Å². The number of esters is 1. The fourth-order valence-electron chi connectivity index (χ4n) is 1.43. The number of hydrogen-bond acceptors (Lipinski definition) is 6. The van der Waals surface area contributed by atoms with Crippen LogP contribution in [0.15, 0.2) is 12.4 Å². The highest BCUT2D eigenvalue weighted by Crippen LogP contribution is 2.11. The number of hydrogen-bond donors (Lipinski definition) is 1. The molecule has 0 atom stereocenters. The van der Waals surface area contributed by atoms with Crippen molar-refractivity contribution < 1.29 is 9.53 Å². The average molecular weight is 235 g/mol. The van der Waals surface area contributed by atoms with E-state index in [1.165, 1.54) is 0 Å². The molecule has 0 aromatic carbocycles. The first kappa shape index (κ1) is 11.3. The Bertz CT molecular complexity index is 536. The molecule has 0 aliphatic rings. The number of ether oxygens (including phenoxy) is 1. The smallest absolute Gasteiger partial charge is 0.325 e. The minimum absolute atomic E-state index is 0.0619. The molecule has 0 saturated heterocycles. The van der Waals surface area contributed by atoms with Gasteiger partial charge in [0.15, 0.2) is 5.82 Å². The van der Waals surface area contributed by atoms with E-state index in [4.69, 9.17) is 4.74 Å². The summed E-state index contributed by atoms with van der Waals surface area (Å²) < 4.78 is 6.60. The lowest BCUT2D eigenvalue weighted by Gasteiger charge is -2.05. The molecule has 0 unspecified atom stereocenters. The Kier molecular flexibility index (Phi) is 3.17. The van der Waals surface area contributed by atoms with Crippen molar-refractivity contribution >= 4 is 17.4 Å². The van der Waals surface area contributed by atoms with Crippen molar-refractivity contribution in [2.75, 3.05) is 18.5 Å². The van der Waals surface area contributed by atoms with Gasteiger partial charge in [-0.25, -0.2) is 4.98 Å². The molecule has 90 valence electrons. The third-order valence-corrected chi connectivity index (χ3v) is 2.20. The second-order valence-electron chi connectivity index (χ2n) is 3.38. The van der Waals surface area contributed by atoms with E-state index in [1.807, 2.05) is 6.92 Å². The van der Waals surface area contributed by atoms with Crippen LogP contribution < -0.4 is 5.32 Å². The maximum absolute atomic E-state index is 11.2. The van der Waals surface area contributed by atoms with Gasteiger partial charge in [-0.05, 0) is 13.8 Å². The first-order chi connectivity index (χ1) is 8.22. The van der Waals surface area contributed by atoms with Gasteiger partial charge in [-0.2, -0.15) is 0 Å². The second-order valence-corrected chi connectivity index (χ2v) is 3.38. The van der Waals surface area contributed by atoms with Gasteiger partial charge in [-0.15, -0.1) is 10.2 Å². The summed E-state index contributed by atoms with van der Waals surface area (Å²) in [6, 6.07) is 0. The second kappa shape index (κ2) is 4.77. The Labute approximate surface area is 97.8 Å². The predicted octanol–water partition coefficient (Wildman–Crippen LogP) is 0.408. The molecule has 0 aliphatic carbocycles. The molecule has 0 saturated carbocycles. The van der Waals surface area contributed by atoms with Crippen molar-refractivity contribution in [2.45, 2.75) is 13.8 Å². The molecule has 0 spiro atoms. The van der Waals surface area contributed by atoms with E-state index in [9.17, 15) is 4.79 Å². The molecule has 0 fully saturated rings. The number of carbonyl (C=O) groups excluding carboxylic acids is 1. The molecule has 0 bridgehead atoms. The third kappa shape index (κ3) is 2.32. The maximum atomic E-state index is 11.2. The molecule has 0 aliphatic heterocycles. The summed E-state index contributed by atoms with van der Waals surface area (Å²) in [6.45, 7) is 4.03. The van der Waals surface area contributed by atoms with Crippen LogP contribution in [0.5, 0.6) is 0 Å². The van der Waals surface area contributed by atoms with Crippen LogP contribution in [0.1, 0.15) is 12.7 Å². The van der Waals surface area contributed by atoms with E-state index in [2.05, 4.69) is 20.5 Å². The molecule has 2 aromatic heterocycles. The summed E-state index contributed by atoms with van der Waals surface area (Å²) in [4.78, 5) is 15.3. The van der Waals surface area contributed by atoms with Gasteiger partial charge in [0.25, 0.3) is 0 Å². The highest BCUT2D eigenvalue weighted by molar-refractivity contribution is 5.76. The quantitative estimate of drug-likeness (QED) is 0.773. The SMILES string of the molecule is CCOC(=O)CNc1nccn2c(C)nnc12. The molecular weight excluding hydrogens is 222 g/mol. The summed E-state index contributed by atoms with van der Waals surface area (Å²) in [6.07, 6.45) is 3.39. The van der Waals surface area contributed by atoms with E-state index in [1.54, 1.807) is 23.7 Å². The minimum atomic E-state index is -0.326. The summed E-state index contributed by atoms with van der Waals surface area (Å²) >= 11 is 0. The van der Waals surface area contributed by atoms with Gasteiger partial charge < -0.3 is 10.1 Å². The molecule has 0 amide bonds. The number of carbonyl (C=O) groups is 1. The summed E-state index contributed by atoms with van der Waals surface area (Å²) in [7, 11) is 0. The van der Waals surface area contributed by atoms with Gasteiger partial charge in [-0.1, -0.05) is 0 Å². The van der Waals surface area contributed by atoms with Crippen LogP contribution in [-0.4, -0.2) is 38.7 Å². The highest BCUT2D eigenvalue weighted by atomic mass is 16.5. The van der Waals surface area contributed by atoms with Gasteiger partial charge >= 0.3 is 5.97 Å². The van der Waals surface area contributed by atoms with Crippen molar-refractivity contribution in [3.05, 3.63) is 18.2 Å². The zero-order valence-electron chi connectivity index (χ0n) is 9.67. The number of rotatable bonds is 4. The molecule has 0 radical (unpaired) electrons. The highest BCUT2D eigenvalue weighted by Gasteiger charge is 2.09. The van der Waals surface area contributed by atoms with Gasteiger partial charge in [0.2, 0.25) is 5.65 Å². The summed E-state index contributed by atoms with van der Waals surface area (Å²) in [5.41, 5.74) is 0.592. The van der Waals surface area contributed by atoms with Gasteiger partial charge in [-0.3, -0.25) is 9.20 Å². The summed E-state index contributed by atoms with van der Waals surface area (Å²) in [5, 5.41) is 10.8. The average Bonchev–Trinajstić information content (AvgIpc) is 2.70. The molecule has 2 heterocycles. The van der Waals surface area contributed by atoms with Crippen LogP contribution in [0.3, 0.4) is 0 Å². The molecule has 1 N–H and O–H groups in total. The first-order valence-electron chi connectivity index (χ1n) is 5.28. The van der Waals surface area contributed by atoms with Crippen LogP contribution in [0.25, 0.3) is 5.65 Å². The van der Waals surface area contributed by atoms with Crippen LogP contribution in [0, 0.1) is 6.92 Å². The Morgan fingerprint density at radius 1 is 1.53 bits per heavy atom. The Morgan fingerprint density at radius 2 is 2.35 bits per heavy atom. The van der Waals surface area contributed by atoms with Crippen molar-refractivity contribution in [1.29, 1.82) is 0 Å². The zero-order valence-corrected chi connectivity index (χ0v) is 9.67. The number of nitrogens with one attached hydrogen (secondary N) is 1. The van der Waals surface area contributed by atoms with E-state index in [-0.39, 0.29) is 12.5 Å². The van der Waals surface area contributed by atoms with E-state index >= 15 is 0 Å². The minimum Gasteiger partial charge on any atom is -0.465 e. The molecule has 7 nitrogen and oxygen atoms in total. The number of aryl methyl sites for hydroxylation is 1. The number of aromatic nitrogens is 4. The van der Waals surface area contributed by atoms with E-state index < -0.39 is 0 Å². The monoisotopic (exact) mass is 235 g/mol. The zero-order chi connectivity index (χ0) is 12.3. The number of nitrogens with zero attached hydrogens (tertiary/aromatic N) is 4. The summed E-state index contributed by atoms with van der Waals surface area (Å²) in [5.74, 6) is 0.954. The van der Waals surface area contributed by atoms with Crippen molar-refractivity contribution in [3.63, 3.8) is 0 Å². The Balaban J connectivity index is 2.16. The standard InChI is InChI=1S/C10H13N5O2/c1-3-17-8(16)6-12-9-10-14-13-7(2)15(10)5-4-11-9/h4-5H,3,6H2,1-2H3,(H,11,12). The van der Waals surface area contributed by atoms with Crippen molar-refractivity contribution in [3.8, 4) is 0 Å². The normalized spacial score (nSPS) is 10.5. The lowest BCUT2D eigenvalue weighted by Crippen LogP contribution is -2.17. The Morgan fingerprint density at radius 3 is 3.12 bits per heavy atom. The maximum Gasteiger partial charge on any atom is 0.325 e.